The highest BCUT2D eigenvalue weighted by Gasteiger charge is 2.38. The maximum absolute atomic E-state index is 12.9. The zero-order valence-electron chi connectivity index (χ0n) is 15.0. The Kier molecular flexibility index (Phi) is 5.29. The zero-order chi connectivity index (χ0) is 17.1. The van der Waals surface area contributed by atoms with Gasteiger partial charge in [0.05, 0.1) is 20.6 Å². The van der Waals surface area contributed by atoms with Gasteiger partial charge in [-0.2, -0.15) is 0 Å². The van der Waals surface area contributed by atoms with Crippen LogP contribution in [-0.4, -0.2) is 62.1 Å². The van der Waals surface area contributed by atoms with Gasteiger partial charge in [-0.1, -0.05) is 6.07 Å². The van der Waals surface area contributed by atoms with Crippen LogP contribution in [-0.2, 0) is 11.2 Å². The fourth-order valence-corrected chi connectivity index (χ4v) is 4.19. The van der Waals surface area contributed by atoms with Gasteiger partial charge >= 0.3 is 0 Å². The van der Waals surface area contributed by atoms with E-state index in [9.17, 15) is 4.79 Å². The average molecular weight is 332 g/mol. The average Bonchev–Trinajstić information content (AvgIpc) is 3.22. The van der Waals surface area contributed by atoms with E-state index in [2.05, 4.69) is 16.8 Å². The van der Waals surface area contributed by atoms with Gasteiger partial charge in [-0.25, -0.2) is 0 Å². The summed E-state index contributed by atoms with van der Waals surface area (Å²) in [4.78, 5) is 17.4. The molecule has 3 rings (SSSR count). The number of carbonyl (C=O) groups is 1. The Morgan fingerprint density at radius 2 is 1.79 bits per heavy atom. The predicted molar refractivity (Wildman–Crippen MR) is 93.6 cm³/mol. The molecule has 0 bridgehead atoms. The molecule has 5 nitrogen and oxygen atoms in total. The van der Waals surface area contributed by atoms with Crippen molar-refractivity contribution in [3.05, 3.63) is 23.8 Å². The van der Waals surface area contributed by atoms with Crippen molar-refractivity contribution in [1.82, 2.24) is 9.80 Å². The molecular weight excluding hydrogens is 304 g/mol. The summed E-state index contributed by atoms with van der Waals surface area (Å²) < 4.78 is 10.6. The normalized spacial score (nSPS) is 24.4. The minimum atomic E-state index is 0.227. The second-order valence-electron chi connectivity index (χ2n) is 6.85. The number of ether oxygens (including phenoxy) is 2. The molecule has 0 aliphatic carbocycles. The van der Waals surface area contributed by atoms with E-state index < -0.39 is 0 Å². The SMILES string of the molecule is COc1ccc(CC(=O)N2CCCC2C2CCCN2C)cc1OC. The van der Waals surface area contributed by atoms with Crippen LogP contribution in [0.3, 0.4) is 0 Å². The number of amides is 1. The first kappa shape index (κ1) is 17.1. The number of likely N-dealkylation sites (tertiary alicyclic amines) is 2. The van der Waals surface area contributed by atoms with Crippen LogP contribution in [0.1, 0.15) is 31.2 Å². The summed E-state index contributed by atoms with van der Waals surface area (Å²) in [5.41, 5.74) is 0.975. The van der Waals surface area contributed by atoms with Crippen molar-refractivity contribution in [2.45, 2.75) is 44.2 Å². The number of benzene rings is 1. The molecule has 1 aromatic carbocycles. The Morgan fingerprint density at radius 3 is 2.46 bits per heavy atom. The van der Waals surface area contributed by atoms with E-state index in [-0.39, 0.29) is 5.91 Å². The Balaban J connectivity index is 1.70. The monoisotopic (exact) mass is 332 g/mol. The van der Waals surface area contributed by atoms with Crippen molar-refractivity contribution in [3.8, 4) is 11.5 Å². The van der Waals surface area contributed by atoms with Gasteiger partial charge in [-0.05, 0) is 57.0 Å². The van der Waals surface area contributed by atoms with Gasteiger partial charge in [0.25, 0.3) is 0 Å². The van der Waals surface area contributed by atoms with E-state index in [0.717, 1.165) is 31.5 Å². The van der Waals surface area contributed by atoms with Crippen LogP contribution < -0.4 is 9.47 Å². The molecule has 1 aromatic rings. The van der Waals surface area contributed by atoms with Gasteiger partial charge in [0.2, 0.25) is 5.91 Å². The van der Waals surface area contributed by atoms with Crippen molar-refractivity contribution in [2.75, 3.05) is 34.4 Å². The Labute approximate surface area is 144 Å². The van der Waals surface area contributed by atoms with E-state index in [1.165, 1.54) is 12.8 Å². The molecule has 2 saturated heterocycles. The Bertz CT molecular complexity index is 590. The molecule has 2 atom stereocenters. The minimum absolute atomic E-state index is 0.227. The lowest BCUT2D eigenvalue weighted by Crippen LogP contribution is -2.47. The van der Waals surface area contributed by atoms with Crippen LogP contribution in [0.25, 0.3) is 0 Å². The third-order valence-electron chi connectivity index (χ3n) is 5.44. The second kappa shape index (κ2) is 7.43. The van der Waals surface area contributed by atoms with Gasteiger partial charge in [0.1, 0.15) is 0 Å². The highest BCUT2D eigenvalue weighted by Crippen LogP contribution is 2.31. The first-order chi connectivity index (χ1) is 11.6. The number of rotatable bonds is 5. The number of hydrogen-bond acceptors (Lipinski definition) is 4. The molecule has 0 N–H and O–H groups in total. The molecule has 132 valence electrons. The van der Waals surface area contributed by atoms with Crippen LogP contribution in [0.5, 0.6) is 11.5 Å². The molecule has 0 spiro atoms. The van der Waals surface area contributed by atoms with Crippen molar-refractivity contribution in [3.63, 3.8) is 0 Å². The standard InChI is InChI=1S/C19H28N2O3/c1-20-10-4-6-15(20)16-7-5-11-21(16)19(22)13-14-8-9-17(23-2)18(12-14)24-3/h8-9,12,15-16H,4-7,10-11,13H2,1-3H3. The van der Waals surface area contributed by atoms with E-state index in [1.54, 1.807) is 14.2 Å². The van der Waals surface area contributed by atoms with Crippen LogP contribution in [0, 0.1) is 0 Å². The Hall–Kier alpha value is -1.75. The first-order valence-corrected chi connectivity index (χ1v) is 8.84. The lowest BCUT2D eigenvalue weighted by atomic mass is 10.0. The first-order valence-electron chi connectivity index (χ1n) is 8.84. The lowest BCUT2D eigenvalue weighted by molar-refractivity contribution is -0.132. The van der Waals surface area contributed by atoms with Crippen LogP contribution in [0.4, 0.5) is 0 Å². The maximum atomic E-state index is 12.9. The Morgan fingerprint density at radius 1 is 1.08 bits per heavy atom. The van der Waals surface area contributed by atoms with Crippen molar-refractivity contribution >= 4 is 5.91 Å². The fraction of sp³-hybridized carbons (Fsp3) is 0.632. The molecule has 2 aliphatic heterocycles. The molecule has 5 heteroatoms. The predicted octanol–water partition coefficient (Wildman–Crippen LogP) is 2.33. The summed E-state index contributed by atoms with van der Waals surface area (Å²) in [5, 5.41) is 0. The number of nitrogens with zero attached hydrogens (tertiary/aromatic N) is 2. The molecule has 24 heavy (non-hydrogen) atoms. The highest BCUT2D eigenvalue weighted by molar-refractivity contribution is 5.79. The number of hydrogen-bond donors (Lipinski definition) is 0. The molecule has 2 unspecified atom stereocenters. The third-order valence-corrected chi connectivity index (χ3v) is 5.44. The molecule has 0 saturated carbocycles. The van der Waals surface area contributed by atoms with Crippen molar-refractivity contribution < 1.29 is 14.3 Å². The number of carbonyl (C=O) groups excluding carboxylic acids is 1. The molecular formula is C19H28N2O3. The zero-order valence-corrected chi connectivity index (χ0v) is 15.0. The van der Waals surface area contributed by atoms with Gasteiger partial charge in [-0.3, -0.25) is 4.79 Å². The van der Waals surface area contributed by atoms with Crippen LogP contribution in [0.2, 0.25) is 0 Å². The van der Waals surface area contributed by atoms with E-state index in [4.69, 9.17) is 9.47 Å². The summed E-state index contributed by atoms with van der Waals surface area (Å²) in [5.74, 6) is 1.60. The number of likely N-dealkylation sites (N-methyl/N-ethyl adjacent to an activating group) is 1. The summed E-state index contributed by atoms with van der Waals surface area (Å²) in [7, 11) is 5.43. The van der Waals surface area contributed by atoms with Crippen molar-refractivity contribution in [2.24, 2.45) is 0 Å². The number of methoxy groups -OCH3 is 2. The summed E-state index contributed by atoms with van der Waals surface area (Å²) in [6.45, 7) is 2.04. The van der Waals surface area contributed by atoms with Gasteiger partial charge in [0, 0.05) is 18.6 Å². The maximum Gasteiger partial charge on any atom is 0.227 e. The van der Waals surface area contributed by atoms with Crippen molar-refractivity contribution in [1.29, 1.82) is 0 Å². The van der Waals surface area contributed by atoms with Gasteiger partial charge < -0.3 is 19.3 Å². The topological polar surface area (TPSA) is 42.0 Å². The molecule has 0 aromatic heterocycles. The summed E-state index contributed by atoms with van der Waals surface area (Å²) in [6, 6.07) is 6.63. The van der Waals surface area contributed by atoms with Gasteiger partial charge in [0.15, 0.2) is 11.5 Å². The van der Waals surface area contributed by atoms with Gasteiger partial charge in [-0.15, -0.1) is 0 Å². The second-order valence-corrected chi connectivity index (χ2v) is 6.85. The highest BCUT2D eigenvalue weighted by atomic mass is 16.5. The molecule has 1 amide bonds. The third kappa shape index (κ3) is 3.36. The fourth-order valence-electron chi connectivity index (χ4n) is 4.19. The molecule has 2 aliphatic rings. The lowest BCUT2D eigenvalue weighted by Gasteiger charge is -2.33. The smallest absolute Gasteiger partial charge is 0.227 e. The van der Waals surface area contributed by atoms with Crippen LogP contribution in [0.15, 0.2) is 18.2 Å². The van der Waals surface area contributed by atoms with E-state index >= 15 is 0 Å². The van der Waals surface area contributed by atoms with E-state index in [0.29, 0.717) is 30.0 Å². The largest absolute Gasteiger partial charge is 0.493 e. The summed E-state index contributed by atoms with van der Waals surface area (Å²) >= 11 is 0. The molecule has 2 fully saturated rings. The minimum Gasteiger partial charge on any atom is -0.493 e. The molecule has 0 radical (unpaired) electrons. The van der Waals surface area contributed by atoms with Crippen LogP contribution >= 0.6 is 0 Å². The molecule has 2 heterocycles. The summed E-state index contributed by atoms with van der Waals surface area (Å²) in [6.07, 6.45) is 5.13. The quantitative estimate of drug-likeness (QED) is 0.830. The van der Waals surface area contributed by atoms with E-state index in [1.807, 2.05) is 18.2 Å².